The standard InChI is InChI=1S/C13H23N3O2S/c1-4-7-14-12(13(17)18-5-2)6-8-19-11-9-15-16(3)10-11/h9-10,12,14H,4-8H2,1-3H3. The Bertz CT molecular complexity index is 382. The Labute approximate surface area is 119 Å². The Morgan fingerprint density at radius 1 is 1.58 bits per heavy atom. The zero-order valence-corrected chi connectivity index (χ0v) is 12.7. The molecular weight excluding hydrogens is 262 g/mol. The molecule has 0 aromatic carbocycles. The van der Waals surface area contributed by atoms with Crippen LogP contribution < -0.4 is 5.32 Å². The van der Waals surface area contributed by atoms with Gasteiger partial charge in [0.25, 0.3) is 0 Å². The zero-order chi connectivity index (χ0) is 14.1. The predicted molar refractivity (Wildman–Crippen MR) is 77.3 cm³/mol. The van der Waals surface area contributed by atoms with Crippen LogP contribution in [-0.2, 0) is 16.6 Å². The van der Waals surface area contributed by atoms with Crippen molar-refractivity contribution in [3.8, 4) is 0 Å². The summed E-state index contributed by atoms with van der Waals surface area (Å²) < 4.78 is 6.86. The van der Waals surface area contributed by atoms with Gasteiger partial charge in [0, 0.05) is 23.9 Å². The smallest absolute Gasteiger partial charge is 0.323 e. The summed E-state index contributed by atoms with van der Waals surface area (Å²) in [5, 5.41) is 7.35. The molecule has 1 N–H and O–H groups in total. The number of thioether (sulfide) groups is 1. The third kappa shape index (κ3) is 6.11. The lowest BCUT2D eigenvalue weighted by Crippen LogP contribution is -2.39. The molecule has 0 aliphatic rings. The highest BCUT2D eigenvalue weighted by molar-refractivity contribution is 7.99. The molecule has 1 unspecified atom stereocenters. The molecule has 0 spiro atoms. The van der Waals surface area contributed by atoms with Crippen LogP contribution in [0.25, 0.3) is 0 Å². The van der Waals surface area contributed by atoms with Crippen LogP contribution in [0.4, 0.5) is 0 Å². The molecule has 0 bridgehead atoms. The van der Waals surface area contributed by atoms with Gasteiger partial charge in [-0.15, -0.1) is 11.8 Å². The second kappa shape index (κ2) is 8.98. The maximum atomic E-state index is 11.8. The Hall–Kier alpha value is -1.01. The van der Waals surface area contributed by atoms with Crippen LogP contribution >= 0.6 is 11.8 Å². The summed E-state index contributed by atoms with van der Waals surface area (Å²) in [5.41, 5.74) is 0. The van der Waals surface area contributed by atoms with E-state index >= 15 is 0 Å². The van der Waals surface area contributed by atoms with Crippen molar-refractivity contribution in [2.24, 2.45) is 7.05 Å². The molecular formula is C13H23N3O2S. The van der Waals surface area contributed by atoms with E-state index in [1.54, 1.807) is 16.4 Å². The third-order valence-electron chi connectivity index (χ3n) is 2.57. The summed E-state index contributed by atoms with van der Waals surface area (Å²) in [6, 6.07) is -0.205. The molecule has 1 aromatic heterocycles. The monoisotopic (exact) mass is 285 g/mol. The minimum atomic E-state index is -0.205. The van der Waals surface area contributed by atoms with Crippen molar-refractivity contribution in [3.05, 3.63) is 12.4 Å². The van der Waals surface area contributed by atoms with Crippen LogP contribution in [-0.4, -0.2) is 40.7 Å². The van der Waals surface area contributed by atoms with Gasteiger partial charge in [0.2, 0.25) is 0 Å². The third-order valence-corrected chi connectivity index (χ3v) is 3.55. The first kappa shape index (κ1) is 16.0. The van der Waals surface area contributed by atoms with Gasteiger partial charge in [-0.25, -0.2) is 0 Å². The van der Waals surface area contributed by atoms with E-state index in [1.165, 1.54) is 0 Å². The average molecular weight is 285 g/mol. The number of hydrogen-bond acceptors (Lipinski definition) is 5. The Morgan fingerprint density at radius 2 is 2.37 bits per heavy atom. The molecule has 6 heteroatoms. The number of aryl methyl sites for hydroxylation is 1. The molecule has 0 fully saturated rings. The molecule has 1 aromatic rings. The molecule has 0 saturated heterocycles. The van der Waals surface area contributed by atoms with E-state index in [4.69, 9.17) is 4.74 Å². The number of nitrogens with zero attached hydrogens (tertiary/aromatic N) is 2. The van der Waals surface area contributed by atoms with Crippen LogP contribution in [0.1, 0.15) is 26.7 Å². The van der Waals surface area contributed by atoms with Gasteiger partial charge >= 0.3 is 5.97 Å². The summed E-state index contributed by atoms with van der Waals surface area (Å²) in [7, 11) is 1.90. The average Bonchev–Trinajstić information content (AvgIpc) is 2.79. The summed E-state index contributed by atoms with van der Waals surface area (Å²) >= 11 is 1.71. The highest BCUT2D eigenvalue weighted by Gasteiger charge is 2.18. The van der Waals surface area contributed by atoms with Gasteiger partial charge in [0.1, 0.15) is 6.04 Å². The summed E-state index contributed by atoms with van der Waals surface area (Å²) in [6.45, 7) is 5.18. The van der Waals surface area contributed by atoms with E-state index in [-0.39, 0.29) is 12.0 Å². The van der Waals surface area contributed by atoms with Gasteiger partial charge in [-0.05, 0) is 26.3 Å². The summed E-state index contributed by atoms with van der Waals surface area (Å²) in [5.74, 6) is 0.717. The molecule has 0 saturated carbocycles. The van der Waals surface area contributed by atoms with E-state index < -0.39 is 0 Å². The lowest BCUT2D eigenvalue weighted by molar-refractivity contribution is -0.145. The van der Waals surface area contributed by atoms with Crippen molar-refractivity contribution in [2.75, 3.05) is 18.9 Å². The van der Waals surface area contributed by atoms with Crippen LogP contribution in [0.15, 0.2) is 17.3 Å². The summed E-state index contributed by atoms with van der Waals surface area (Å²) in [4.78, 5) is 12.9. The van der Waals surface area contributed by atoms with Crippen molar-refractivity contribution in [1.29, 1.82) is 0 Å². The fourth-order valence-corrected chi connectivity index (χ4v) is 2.57. The van der Waals surface area contributed by atoms with Crippen molar-refractivity contribution in [1.82, 2.24) is 15.1 Å². The van der Waals surface area contributed by atoms with Gasteiger partial charge < -0.3 is 10.1 Å². The van der Waals surface area contributed by atoms with Gasteiger partial charge in [0.15, 0.2) is 0 Å². The second-order valence-electron chi connectivity index (χ2n) is 4.25. The van der Waals surface area contributed by atoms with Crippen molar-refractivity contribution >= 4 is 17.7 Å². The molecule has 108 valence electrons. The molecule has 19 heavy (non-hydrogen) atoms. The van der Waals surface area contributed by atoms with Crippen LogP contribution in [0.2, 0.25) is 0 Å². The minimum absolute atomic E-state index is 0.150. The number of nitrogens with one attached hydrogen (secondary N) is 1. The zero-order valence-electron chi connectivity index (χ0n) is 11.9. The number of ether oxygens (including phenoxy) is 1. The summed E-state index contributed by atoms with van der Waals surface area (Å²) in [6.07, 6.45) is 5.58. The largest absolute Gasteiger partial charge is 0.465 e. The number of aromatic nitrogens is 2. The van der Waals surface area contributed by atoms with Crippen molar-refractivity contribution < 1.29 is 9.53 Å². The number of carbonyl (C=O) groups excluding carboxylic acids is 1. The van der Waals surface area contributed by atoms with Crippen LogP contribution in [0.5, 0.6) is 0 Å². The van der Waals surface area contributed by atoms with Gasteiger partial charge in [-0.2, -0.15) is 5.10 Å². The number of rotatable bonds is 9. The van der Waals surface area contributed by atoms with Gasteiger partial charge in [-0.1, -0.05) is 6.92 Å². The second-order valence-corrected chi connectivity index (χ2v) is 5.41. The molecule has 0 aliphatic carbocycles. The molecule has 1 rings (SSSR count). The predicted octanol–water partition coefficient (Wildman–Crippen LogP) is 1.83. The Balaban J connectivity index is 2.36. The number of hydrogen-bond donors (Lipinski definition) is 1. The first-order valence-electron chi connectivity index (χ1n) is 6.68. The highest BCUT2D eigenvalue weighted by Crippen LogP contribution is 2.18. The molecule has 1 heterocycles. The maximum Gasteiger partial charge on any atom is 0.323 e. The first-order chi connectivity index (χ1) is 9.17. The lowest BCUT2D eigenvalue weighted by Gasteiger charge is -2.16. The maximum absolute atomic E-state index is 11.8. The normalized spacial score (nSPS) is 12.4. The molecule has 1 atom stereocenters. The van der Waals surface area contributed by atoms with Crippen molar-refractivity contribution in [2.45, 2.75) is 37.6 Å². The van der Waals surface area contributed by atoms with Crippen molar-refractivity contribution in [3.63, 3.8) is 0 Å². The highest BCUT2D eigenvalue weighted by atomic mass is 32.2. The quantitative estimate of drug-likeness (QED) is 0.554. The number of carbonyl (C=O) groups is 1. The fourth-order valence-electron chi connectivity index (χ4n) is 1.63. The topological polar surface area (TPSA) is 56.2 Å². The van der Waals surface area contributed by atoms with E-state index in [0.717, 1.165) is 30.0 Å². The molecule has 0 aliphatic heterocycles. The van der Waals surface area contributed by atoms with Gasteiger partial charge in [0.05, 0.1) is 12.8 Å². The van der Waals surface area contributed by atoms with Crippen LogP contribution in [0.3, 0.4) is 0 Å². The minimum Gasteiger partial charge on any atom is -0.465 e. The van der Waals surface area contributed by atoms with E-state index in [2.05, 4.69) is 17.3 Å². The number of esters is 1. The SMILES string of the molecule is CCCNC(CCSc1cnn(C)c1)C(=O)OCC. The molecule has 0 radical (unpaired) electrons. The van der Waals surface area contributed by atoms with E-state index in [1.807, 2.05) is 26.4 Å². The Kier molecular flexibility index (Phi) is 7.59. The molecule has 0 amide bonds. The first-order valence-corrected chi connectivity index (χ1v) is 7.67. The lowest BCUT2D eigenvalue weighted by atomic mass is 10.2. The fraction of sp³-hybridized carbons (Fsp3) is 0.692. The van der Waals surface area contributed by atoms with Crippen LogP contribution in [0, 0.1) is 0 Å². The van der Waals surface area contributed by atoms with E-state index in [9.17, 15) is 4.79 Å². The van der Waals surface area contributed by atoms with E-state index in [0.29, 0.717) is 6.61 Å². The molecule has 5 nitrogen and oxygen atoms in total. The van der Waals surface area contributed by atoms with Gasteiger partial charge in [-0.3, -0.25) is 9.48 Å². The Morgan fingerprint density at radius 3 is 2.95 bits per heavy atom.